The molecule has 0 amide bonds. The highest BCUT2D eigenvalue weighted by molar-refractivity contribution is 7.73. The van der Waals surface area contributed by atoms with Gasteiger partial charge in [0.1, 0.15) is 0 Å². The van der Waals surface area contributed by atoms with E-state index < -0.39 is 24.9 Å². The molecule has 0 heterocycles. The third-order valence-electron chi connectivity index (χ3n) is 0.785. The zero-order chi connectivity index (χ0) is 8.85. The molecule has 2 atom stereocenters. The van der Waals surface area contributed by atoms with Crippen molar-refractivity contribution in [2.45, 2.75) is 0 Å². The van der Waals surface area contributed by atoms with Crippen molar-refractivity contribution in [2.75, 3.05) is 18.9 Å². The molecule has 0 aliphatic heterocycles. The molecule has 0 radical (unpaired) electrons. The summed E-state index contributed by atoms with van der Waals surface area (Å²) in [5.74, 6) is 0.0918. The first-order chi connectivity index (χ1) is 5.06. The van der Waals surface area contributed by atoms with E-state index in [1.165, 1.54) is 7.11 Å². The highest BCUT2D eigenvalue weighted by atomic mass is 31.2. The fraction of sp³-hybridized carbons (Fsp3) is 1.00. The SMILES string of the molecule is COP(O)CP(O)CP(O)O. The average molecular weight is 220 g/mol. The summed E-state index contributed by atoms with van der Waals surface area (Å²) in [6, 6.07) is 0. The van der Waals surface area contributed by atoms with Gasteiger partial charge in [0.25, 0.3) is 0 Å². The largest absolute Gasteiger partial charge is 0.373 e. The molecule has 0 bridgehead atoms. The first-order valence-electron chi connectivity index (χ1n) is 2.66. The zero-order valence-corrected chi connectivity index (χ0v) is 8.64. The fourth-order valence-electron chi connectivity index (χ4n) is 0.388. The van der Waals surface area contributed by atoms with Crippen molar-refractivity contribution in [3.8, 4) is 0 Å². The van der Waals surface area contributed by atoms with Crippen LogP contribution >= 0.6 is 24.9 Å². The number of rotatable bonds is 5. The van der Waals surface area contributed by atoms with E-state index in [0.29, 0.717) is 0 Å². The van der Waals surface area contributed by atoms with Crippen LogP contribution < -0.4 is 0 Å². The summed E-state index contributed by atoms with van der Waals surface area (Å²) in [5, 5.41) is 0. The van der Waals surface area contributed by atoms with Crippen molar-refractivity contribution in [1.29, 1.82) is 0 Å². The molecule has 4 N–H and O–H groups in total. The highest BCUT2D eigenvalue weighted by Crippen LogP contribution is 2.51. The van der Waals surface area contributed by atoms with Crippen molar-refractivity contribution in [2.24, 2.45) is 0 Å². The first kappa shape index (κ1) is 12.1. The molecule has 0 spiro atoms. The molecule has 0 saturated heterocycles. The van der Waals surface area contributed by atoms with Gasteiger partial charge in [0.05, 0.1) is 11.8 Å². The predicted molar refractivity (Wildman–Crippen MR) is 46.4 cm³/mol. The van der Waals surface area contributed by atoms with Crippen LogP contribution in [-0.4, -0.2) is 38.5 Å². The van der Waals surface area contributed by atoms with E-state index in [0.717, 1.165) is 0 Å². The molecule has 0 aromatic rings. The second-order valence-electron chi connectivity index (χ2n) is 1.70. The second-order valence-corrected chi connectivity index (χ2v) is 6.79. The first-order valence-corrected chi connectivity index (χ1v) is 7.15. The standard InChI is InChI=1S/C3H11O5P3/c1-8-11(7)3-9(4)2-10(5)6/h4-7H,2-3H2,1H3. The lowest BCUT2D eigenvalue weighted by molar-refractivity contribution is 0.394. The van der Waals surface area contributed by atoms with Crippen LogP contribution in [0.5, 0.6) is 0 Å². The van der Waals surface area contributed by atoms with Crippen LogP contribution in [0.15, 0.2) is 0 Å². The third-order valence-corrected chi connectivity index (χ3v) is 5.80. The summed E-state index contributed by atoms with van der Waals surface area (Å²) in [6.07, 6.45) is 0. The summed E-state index contributed by atoms with van der Waals surface area (Å²) in [7, 11) is -3.77. The van der Waals surface area contributed by atoms with Gasteiger partial charge in [0.2, 0.25) is 0 Å². The lowest BCUT2D eigenvalue weighted by Crippen LogP contribution is -1.88. The molecule has 0 aliphatic rings. The Kier molecular flexibility index (Phi) is 7.24. The van der Waals surface area contributed by atoms with Gasteiger partial charge in [0, 0.05) is 15.3 Å². The Labute approximate surface area is 68.7 Å². The summed E-state index contributed by atoms with van der Waals surface area (Å²) in [5.41, 5.74) is 0. The Morgan fingerprint density at radius 1 is 1.09 bits per heavy atom. The molecule has 5 nitrogen and oxygen atoms in total. The van der Waals surface area contributed by atoms with E-state index in [1.807, 2.05) is 0 Å². The Hall–Kier alpha value is 1.09. The molecule has 0 aromatic heterocycles. The van der Waals surface area contributed by atoms with Crippen LogP contribution in [0, 0.1) is 0 Å². The fourth-order valence-corrected chi connectivity index (χ4v) is 4.30. The van der Waals surface area contributed by atoms with Crippen molar-refractivity contribution < 1.29 is 24.1 Å². The van der Waals surface area contributed by atoms with E-state index in [-0.39, 0.29) is 11.8 Å². The molecule has 11 heavy (non-hydrogen) atoms. The van der Waals surface area contributed by atoms with Crippen LogP contribution in [-0.2, 0) is 4.52 Å². The second kappa shape index (κ2) is 6.59. The van der Waals surface area contributed by atoms with E-state index >= 15 is 0 Å². The molecule has 0 aliphatic carbocycles. The van der Waals surface area contributed by atoms with Gasteiger partial charge in [-0.15, -0.1) is 0 Å². The van der Waals surface area contributed by atoms with Crippen LogP contribution in [0.1, 0.15) is 0 Å². The Bertz CT molecular complexity index is 101. The monoisotopic (exact) mass is 220 g/mol. The molecule has 0 rings (SSSR count). The van der Waals surface area contributed by atoms with Crippen LogP contribution in [0.4, 0.5) is 0 Å². The molecule has 2 unspecified atom stereocenters. The van der Waals surface area contributed by atoms with Crippen molar-refractivity contribution in [3.05, 3.63) is 0 Å². The molecular weight excluding hydrogens is 209 g/mol. The Morgan fingerprint density at radius 3 is 2.00 bits per heavy atom. The quantitative estimate of drug-likeness (QED) is 0.507. The maximum Gasteiger partial charge on any atom is 0.174 e. The van der Waals surface area contributed by atoms with Gasteiger partial charge in [-0.2, -0.15) is 0 Å². The zero-order valence-electron chi connectivity index (χ0n) is 5.95. The average Bonchev–Trinajstić information content (AvgIpc) is 1.85. The molecular formula is C3H11O5P3. The Balaban J connectivity index is 3.43. The maximum absolute atomic E-state index is 9.06. The minimum Gasteiger partial charge on any atom is -0.373 e. The van der Waals surface area contributed by atoms with Crippen LogP contribution in [0.3, 0.4) is 0 Å². The van der Waals surface area contributed by atoms with Crippen LogP contribution in [0.2, 0.25) is 0 Å². The predicted octanol–water partition coefficient (Wildman–Crippen LogP) is 0.538. The van der Waals surface area contributed by atoms with Gasteiger partial charge in [0.15, 0.2) is 16.8 Å². The van der Waals surface area contributed by atoms with E-state index in [9.17, 15) is 0 Å². The molecule has 0 saturated carbocycles. The van der Waals surface area contributed by atoms with Crippen molar-refractivity contribution in [3.63, 3.8) is 0 Å². The van der Waals surface area contributed by atoms with Gasteiger partial charge in [-0.25, -0.2) is 0 Å². The maximum atomic E-state index is 9.06. The topological polar surface area (TPSA) is 90.2 Å². The number of hydrogen-bond acceptors (Lipinski definition) is 5. The lowest BCUT2D eigenvalue weighted by Gasteiger charge is -2.13. The Morgan fingerprint density at radius 2 is 1.64 bits per heavy atom. The molecule has 68 valence electrons. The van der Waals surface area contributed by atoms with Gasteiger partial charge in [-0.05, 0) is 0 Å². The molecule has 8 heteroatoms. The van der Waals surface area contributed by atoms with Gasteiger partial charge < -0.3 is 24.1 Å². The van der Waals surface area contributed by atoms with Gasteiger partial charge in [-0.3, -0.25) is 0 Å². The van der Waals surface area contributed by atoms with Crippen molar-refractivity contribution >= 4 is 24.9 Å². The third kappa shape index (κ3) is 7.45. The smallest absolute Gasteiger partial charge is 0.174 e. The van der Waals surface area contributed by atoms with E-state index in [1.54, 1.807) is 0 Å². The summed E-state index contributed by atoms with van der Waals surface area (Å²) < 4.78 is 4.52. The highest BCUT2D eigenvalue weighted by Gasteiger charge is 2.15. The van der Waals surface area contributed by atoms with Crippen molar-refractivity contribution in [1.82, 2.24) is 0 Å². The van der Waals surface area contributed by atoms with Gasteiger partial charge >= 0.3 is 0 Å². The molecule has 0 aromatic carbocycles. The number of hydrogen-bond donors (Lipinski definition) is 4. The normalized spacial score (nSPS) is 16.9. The van der Waals surface area contributed by atoms with E-state index in [4.69, 9.17) is 19.6 Å². The summed E-state index contributed by atoms with van der Waals surface area (Å²) in [4.78, 5) is 34.9. The minimum absolute atomic E-state index is 0.0343. The summed E-state index contributed by atoms with van der Waals surface area (Å²) >= 11 is 0. The van der Waals surface area contributed by atoms with Crippen LogP contribution in [0.25, 0.3) is 0 Å². The van der Waals surface area contributed by atoms with E-state index in [2.05, 4.69) is 4.52 Å². The summed E-state index contributed by atoms with van der Waals surface area (Å²) in [6.45, 7) is 0. The van der Waals surface area contributed by atoms with Gasteiger partial charge in [-0.1, -0.05) is 0 Å². The lowest BCUT2D eigenvalue weighted by atomic mass is 11.8. The molecule has 0 fully saturated rings. The minimum atomic E-state index is -2.05.